The van der Waals surface area contributed by atoms with E-state index in [4.69, 9.17) is 5.11 Å². The van der Waals surface area contributed by atoms with Gasteiger partial charge in [0.1, 0.15) is 0 Å². The molecule has 0 aromatic heterocycles. The largest absolute Gasteiger partial charge is 0.481 e. The number of aliphatic carboxylic acids is 1. The summed E-state index contributed by atoms with van der Waals surface area (Å²) in [6.45, 7) is 2.11. The highest BCUT2D eigenvalue weighted by Crippen LogP contribution is 2.52. The van der Waals surface area contributed by atoms with Crippen molar-refractivity contribution in [2.24, 2.45) is 0 Å². The molecule has 0 heterocycles. The minimum Gasteiger partial charge on any atom is -0.481 e. The molecule has 0 saturated heterocycles. The Morgan fingerprint density at radius 1 is 1.50 bits per heavy atom. The minimum absolute atomic E-state index is 0.0716. The van der Waals surface area contributed by atoms with E-state index >= 15 is 0 Å². The van der Waals surface area contributed by atoms with Gasteiger partial charge in [-0.05, 0) is 42.5 Å². The van der Waals surface area contributed by atoms with Gasteiger partial charge in [-0.3, -0.25) is 4.79 Å². The Bertz CT molecular complexity index is 422. The summed E-state index contributed by atoms with van der Waals surface area (Å²) in [4.78, 5) is 10.9. The van der Waals surface area contributed by atoms with Crippen LogP contribution in [0.2, 0.25) is 0 Å². The first-order chi connectivity index (χ1) is 7.57. The molecular formula is C13H15BrO2. The van der Waals surface area contributed by atoms with E-state index in [2.05, 4.69) is 35.0 Å². The summed E-state index contributed by atoms with van der Waals surface area (Å²) < 4.78 is 1.07. The quantitative estimate of drug-likeness (QED) is 0.918. The summed E-state index contributed by atoms with van der Waals surface area (Å²) in [6, 6.07) is 6.20. The molecule has 2 rings (SSSR count). The Balaban J connectivity index is 2.36. The zero-order valence-corrected chi connectivity index (χ0v) is 10.9. The first kappa shape index (κ1) is 11.6. The third-order valence-electron chi connectivity index (χ3n) is 3.36. The van der Waals surface area contributed by atoms with Crippen molar-refractivity contribution in [2.45, 2.75) is 38.0 Å². The van der Waals surface area contributed by atoms with E-state index in [1.54, 1.807) is 0 Å². The lowest BCUT2D eigenvalue weighted by Crippen LogP contribution is -2.15. The van der Waals surface area contributed by atoms with Gasteiger partial charge in [0.25, 0.3) is 0 Å². The van der Waals surface area contributed by atoms with Crippen molar-refractivity contribution in [1.29, 1.82) is 0 Å². The lowest BCUT2D eigenvalue weighted by atomic mass is 9.88. The van der Waals surface area contributed by atoms with Crippen molar-refractivity contribution in [3.63, 3.8) is 0 Å². The van der Waals surface area contributed by atoms with Crippen molar-refractivity contribution in [3.05, 3.63) is 33.8 Å². The maximum atomic E-state index is 10.9. The molecule has 1 aromatic carbocycles. The number of halogens is 1. The Labute approximate surface area is 104 Å². The molecule has 0 bridgehead atoms. The van der Waals surface area contributed by atoms with Crippen molar-refractivity contribution < 1.29 is 9.90 Å². The van der Waals surface area contributed by atoms with Crippen LogP contribution in [0.4, 0.5) is 0 Å². The van der Waals surface area contributed by atoms with Gasteiger partial charge in [-0.15, -0.1) is 0 Å². The van der Waals surface area contributed by atoms with E-state index in [9.17, 15) is 4.79 Å². The second-order valence-electron chi connectivity index (χ2n) is 4.51. The van der Waals surface area contributed by atoms with Crippen LogP contribution in [0.1, 0.15) is 37.3 Å². The first-order valence-corrected chi connectivity index (χ1v) is 6.37. The number of carboxylic acid groups (broad SMARTS) is 1. The smallest absolute Gasteiger partial charge is 0.304 e. The normalized spacial score (nSPS) is 17.1. The molecule has 1 saturated carbocycles. The Morgan fingerprint density at radius 3 is 2.69 bits per heavy atom. The van der Waals surface area contributed by atoms with E-state index < -0.39 is 5.97 Å². The van der Waals surface area contributed by atoms with Crippen LogP contribution in [0.3, 0.4) is 0 Å². The van der Waals surface area contributed by atoms with E-state index in [1.807, 2.05) is 6.07 Å². The fourth-order valence-corrected chi connectivity index (χ4v) is 2.76. The molecule has 3 heteroatoms. The lowest BCUT2D eigenvalue weighted by Gasteiger charge is -2.17. The fraction of sp³-hybridized carbons (Fsp3) is 0.462. The SMILES string of the molecule is CCc1cc(Br)ccc1C1(CC(=O)O)CC1. The number of rotatable bonds is 4. The maximum Gasteiger partial charge on any atom is 0.304 e. The van der Waals surface area contributed by atoms with E-state index in [-0.39, 0.29) is 11.8 Å². The third kappa shape index (κ3) is 2.14. The van der Waals surface area contributed by atoms with E-state index in [0.717, 1.165) is 23.7 Å². The zero-order chi connectivity index (χ0) is 11.8. The molecule has 0 aliphatic heterocycles. The molecule has 1 aliphatic carbocycles. The average Bonchev–Trinajstić information content (AvgIpc) is 2.97. The number of hydrogen-bond acceptors (Lipinski definition) is 1. The first-order valence-electron chi connectivity index (χ1n) is 5.58. The van der Waals surface area contributed by atoms with E-state index in [0.29, 0.717) is 0 Å². The summed E-state index contributed by atoms with van der Waals surface area (Å²) in [7, 11) is 0. The van der Waals surface area contributed by atoms with Crippen LogP contribution in [0, 0.1) is 0 Å². The Hall–Kier alpha value is -0.830. The predicted octanol–water partition coefficient (Wildman–Crippen LogP) is 3.52. The summed E-state index contributed by atoms with van der Waals surface area (Å²) >= 11 is 3.46. The second-order valence-corrected chi connectivity index (χ2v) is 5.42. The van der Waals surface area contributed by atoms with E-state index in [1.165, 1.54) is 11.1 Å². The molecule has 0 spiro atoms. The van der Waals surface area contributed by atoms with Crippen LogP contribution in [-0.2, 0) is 16.6 Å². The van der Waals surface area contributed by atoms with Gasteiger partial charge < -0.3 is 5.11 Å². The van der Waals surface area contributed by atoms with Crippen LogP contribution >= 0.6 is 15.9 Å². The fourth-order valence-electron chi connectivity index (χ4n) is 2.35. The highest BCUT2D eigenvalue weighted by Gasteiger charge is 2.46. The molecule has 0 amide bonds. The van der Waals surface area contributed by atoms with Crippen molar-refractivity contribution in [3.8, 4) is 0 Å². The zero-order valence-electron chi connectivity index (χ0n) is 9.29. The summed E-state index contributed by atoms with van der Waals surface area (Å²) in [5.74, 6) is -0.692. The van der Waals surface area contributed by atoms with Crippen LogP contribution in [-0.4, -0.2) is 11.1 Å². The van der Waals surface area contributed by atoms with Crippen LogP contribution in [0.5, 0.6) is 0 Å². The van der Waals surface area contributed by atoms with Crippen molar-refractivity contribution >= 4 is 21.9 Å². The topological polar surface area (TPSA) is 37.3 Å². The summed E-state index contributed by atoms with van der Waals surface area (Å²) in [5, 5.41) is 8.96. The molecular weight excluding hydrogens is 268 g/mol. The lowest BCUT2D eigenvalue weighted by molar-refractivity contribution is -0.137. The number of benzene rings is 1. The molecule has 0 radical (unpaired) electrons. The monoisotopic (exact) mass is 282 g/mol. The molecule has 0 unspecified atom stereocenters. The van der Waals surface area contributed by atoms with Gasteiger partial charge in [0, 0.05) is 9.89 Å². The van der Waals surface area contributed by atoms with Crippen molar-refractivity contribution in [1.82, 2.24) is 0 Å². The maximum absolute atomic E-state index is 10.9. The molecule has 1 aromatic rings. The third-order valence-corrected chi connectivity index (χ3v) is 3.86. The number of hydrogen-bond donors (Lipinski definition) is 1. The van der Waals surface area contributed by atoms with Crippen molar-refractivity contribution in [2.75, 3.05) is 0 Å². The predicted molar refractivity (Wildman–Crippen MR) is 66.7 cm³/mol. The van der Waals surface area contributed by atoms with Gasteiger partial charge in [0.05, 0.1) is 6.42 Å². The second kappa shape index (κ2) is 4.21. The van der Waals surface area contributed by atoms with Gasteiger partial charge in [-0.2, -0.15) is 0 Å². The Kier molecular flexibility index (Phi) is 3.06. The summed E-state index contributed by atoms with van der Waals surface area (Å²) in [5.41, 5.74) is 2.44. The number of carboxylic acids is 1. The molecule has 1 fully saturated rings. The molecule has 16 heavy (non-hydrogen) atoms. The summed E-state index contributed by atoms with van der Waals surface area (Å²) in [6.07, 6.45) is 3.24. The molecule has 0 atom stereocenters. The molecule has 2 nitrogen and oxygen atoms in total. The van der Waals surface area contributed by atoms with Gasteiger partial charge in [-0.25, -0.2) is 0 Å². The number of aryl methyl sites for hydroxylation is 1. The standard InChI is InChI=1S/C13H15BrO2/c1-2-9-7-10(14)3-4-11(9)13(5-6-13)8-12(15)16/h3-4,7H,2,5-6,8H2,1H3,(H,15,16). The number of carbonyl (C=O) groups is 1. The highest BCUT2D eigenvalue weighted by atomic mass is 79.9. The Morgan fingerprint density at radius 2 is 2.19 bits per heavy atom. The van der Waals surface area contributed by atoms with Crippen LogP contribution < -0.4 is 0 Å². The highest BCUT2D eigenvalue weighted by molar-refractivity contribution is 9.10. The molecule has 86 valence electrons. The average molecular weight is 283 g/mol. The van der Waals surface area contributed by atoms with Gasteiger partial charge in [0.2, 0.25) is 0 Å². The van der Waals surface area contributed by atoms with Gasteiger partial charge in [-0.1, -0.05) is 28.9 Å². The van der Waals surface area contributed by atoms with Gasteiger partial charge in [0.15, 0.2) is 0 Å². The molecule has 1 aliphatic rings. The van der Waals surface area contributed by atoms with Gasteiger partial charge >= 0.3 is 5.97 Å². The minimum atomic E-state index is -0.692. The van der Waals surface area contributed by atoms with Crippen LogP contribution in [0.25, 0.3) is 0 Å². The molecule has 1 N–H and O–H groups in total. The van der Waals surface area contributed by atoms with Crippen LogP contribution in [0.15, 0.2) is 22.7 Å².